The number of hydrogen-bond donors (Lipinski definition) is 3. The predicted octanol–water partition coefficient (Wildman–Crippen LogP) is 1.48. The summed E-state index contributed by atoms with van der Waals surface area (Å²) in [6.45, 7) is 20.6. The van der Waals surface area contributed by atoms with Crippen molar-refractivity contribution in [1.29, 1.82) is 0 Å². The van der Waals surface area contributed by atoms with Crippen LogP contribution in [0.5, 0.6) is 0 Å². The zero-order valence-corrected chi connectivity index (χ0v) is 29.9. The lowest BCUT2D eigenvalue weighted by Crippen LogP contribution is -2.30. The number of aliphatic hydroxyl groups excluding tert-OH is 3. The molecule has 0 aliphatic rings. The van der Waals surface area contributed by atoms with Crippen LogP contribution < -0.4 is 0 Å². The second-order valence-corrected chi connectivity index (χ2v) is 11.1. The zero-order valence-electron chi connectivity index (χ0n) is 29.9. The highest BCUT2D eigenvalue weighted by Gasteiger charge is 2.13. The zero-order chi connectivity index (χ0) is 34.8. The lowest BCUT2D eigenvalue weighted by molar-refractivity contribution is -0.105. The van der Waals surface area contributed by atoms with Crippen LogP contribution in [0.15, 0.2) is 0 Å². The van der Waals surface area contributed by atoms with Gasteiger partial charge in [-0.2, -0.15) is 0 Å². The van der Waals surface area contributed by atoms with Gasteiger partial charge in [0, 0.05) is 7.11 Å². The fraction of sp³-hybridized carbons (Fsp3) is 1.00. The van der Waals surface area contributed by atoms with E-state index in [9.17, 15) is 5.11 Å². The van der Waals surface area contributed by atoms with Crippen LogP contribution in [0.2, 0.25) is 0 Å². The van der Waals surface area contributed by atoms with E-state index in [2.05, 4.69) is 0 Å². The second-order valence-electron chi connectivity index (χ2n) is 11.1. The summed E-state index contributed by atoms with van der Waals surface area (Å²) in [6.07, 6.45) is -0.614. The summed E-state index contributed by atoms with van der Waals surface area (Å²) in [6, 6.07) is 0. The third-order valence-corrected chi connectivity index (χ3v) is 5.69. The molecule has 14 nitrogen and oxygen atoms in total. The van der Waals surface area contributed by atoms with Crippen molar-refractivity contribution in [3.8, 4) is 0 Å². The summed E-state index contributed by atoms with van der Waals surface area (Å²) >= 11 is 0. The third-order valence-electron chi connectivity index (χ3n) is 5.69. The van der Waals surface area contributed by atoms with Gasteiger partial charge in [0.2, 0.25) is 0 Å². The molecule has 0 saturated carbocycles. The summed E-state index contributed by atoms with van der Waals surface area (Å²) in [5.74, 6) is 0. The van der Waals surface area contributed by atoms with E-state index in [-0.39, 0.29) is 49.8 Å². The lowest BCUT2D eigenvalue weighted by Gasteiger charge is -2.22. The first-order valence-electron chi connectivity index (χ1n) is 16.4. The molecule has 3 N–H and O–H groups in total. The Hall–Kier alpha value is -0.560. The highest BCUT2D eigenvalue weighted by atomic mass is 16.6. The van der Waals surface area contributed by atoms with Gasteiger partial charge in [-0.1, -0.05) is 0 Å². The highest BCUT2D eigenvalue weighted by molar-refractivity contribution is 4.59. The van der Waals surface area contributed by atoms with Gasteiger partial charge in [-0.3, -0.25) is 0 Å². The van der Waals surface area contributed by atoms with E-state index in [0.717, 1.165) is 0 Å². The number of ether oxygens (including phenoxy) is 11. The Morgan fingerprint density at radius 1 is 0.370 bits per heavy atom. The van der Waals surface area contributed by atoms with Crippen LogP contribution in [0.1, 0.15) is 48.5 Å². The van der Waals surface area contributed by atoms with Crippen molar-refractivity contribution in [1.82, 2.24) is 0 Å². The second kappa shape index (κ2) is 35.7. The van der Waals surface area contributed by atoms with Gasteiger partial charge in [0.15, 0.2) is 0 Å². The predicted molar refractivity (Wildman–Crippen MR) is 173 cm³/mol. The summed E-state index contributed by atoms with van der Waals surface area (Å²) in [4.78, 5) is 0. The first kappa shape index (κ1) is 47.6. The van der Waals surface area contributed by atoms with Crippen LogP contribution in [-0.4, -0.2) is 177 Å². The van der Waals surface area contributed by atoms with Gasteiger partial charge >= 0.3 is 0 Å². The van der Waals surface area contributed by atoms with Crippen LogP contribution in [0, 0.1) is 0 Å². The molecule has 0 heterocycles. The molecule has 0 rings (SSSR count). The monoisotopic (exact) mass is 676 g/mol. The summed E-state index contributed by atoms with van der Waals surface area (Å²) in [5.41, 5.74) is 0. The van der Waals surface area contributed by atoms with E-state index >= 15 is 0 Å². The first-order chi connectivity index (χ1) is 22.0. The van der Waals surface area contributed by atoms with Crippen molar-refractivity contribution >= 4 is 0 Å². The molecular formula is C32H68O14. The molecule has 280 valence electrons. The maximum atomic E-state index is 9.22. The number of rotatable bonds is 33. The Morgan fingerprint density at radius 3 is 0.848 bits per heavy atom. The van der Waals surface area contributed by atoms with Crippen molar-refractivity contribution in [3.05, 3.63) is 0 Å². The van der Waals surface area contributed by atoms with E-state index in [1.807, 2.05) is 41.5 Å². The van der Waals surface area contributed by atoms with Crippen molar-refractivity contribution in [2.45, 2.75) is 91.2 Å². The molecule has 46 heavy (non-hydrogen) atoms. The van der Waals surface area contributed by atoms with Crippen molar-refractivity contribution in [2.75, 3.05) is 119 Å². The quantitative estimate of drug-likeness (QED) is 0.0857. The van der Waals surface area contributed by atoms with Gasteiger partial charge in [0.25, 0.3) is 0 Å². The average molecular weight is 677 g/mol. The Bertz CT molecular complexity index is 575. The molecule has 14 heteroatoms. The molecule has 0 radical (unpaired) electrons. The van der Waals surface area contributed by atoms with E-state index in [4.69, 9.17) is 62.3 Å². The summed E-state index contributed by atoms with van der Waals surface area (Å²) < 4.78 is 59.6. The minimum atomic E-state index is -0.469. The molecule has 0 aliphatic heterocycles. The minimum absolute atomic E-state index is 0.00557. The number of methoxy groups -OCH3 is 1. The molecule has 0 aliphatic carbocycles. The standard InChI is InChI=1S/C22H46O8.C10H22O6/c1-16(23)9-25-18(3)11-27-20(5)13-29-22(7)15-30-21(6)14-28-19(4)12-26-17(2)10-24-8;11-1-3-13-5-7-15-9-10-16-8-6-14-4-2-12/h16-23H,9-15H2,1-8H3;11-12H,1-10H2. The maximum absolute atomic E-state index is 9.22. The third kappa shape index (κ3) is 37.9. The van der Waals surface area contributed by atoms with Crippen LogP contribution in [0.3, 0.4) is 0 Å². The largest absolute Gasteiger partial charge is 0.394 e. The maximum Gasteiger partial charge on any atom is 0.0781 e. The van der Waals surface area contributed by atoms with Gasteiger partial charge in [0.1, 0.15) is 0 Å². The molecule has 0 bridgehead atoms. The van der Waals surface area contributed by atoms with Crippen LogP contribution in [0.4, 0.5) is 0 Å². The SMILES string of the molecule is COCC(C)OCC(C)OCC(C)OCC(C)OCC(C)OCC(C)OCC(C)O.OCCOCCOCCOCCOCCO. The van der Waals surface area contributed by atoms with Crippen LogP contribution in [-0.2, 0) is 52.1 Å². The molecular weight excluding hydrogens is 608 g/mol. The minimum Gasteiger partial charge on any atom is -0.394 e. The van der Waals surface area contributed by atoms with E-state index < -0.39 is 6.10 Å². The normalized spacial score (nSPS) is 16.2. The Labute approximate surface area is 278 Å². The topological polar surface area (TPSA) is 162 Å². The van der Waals surface area contributed by atoms with E-state index in [1.165, 1.54) is 0 Å². The van der Waals surface area contributed by atoms with Crippen molar-refractivity contribution < 1.29 is 67.4 Å². The fourth-order valence-corrected chi connectivity index (χ4v) is 3.22. The summed E-state index contributed by atoms with van der Waals surface area (Å²) in [7, 11) is 1.66. The van der Waals surface area contributed by atoms with E-state index in [1.54, 1.807) is 14.0 Å². The molecule has 0 fully saturated rings. The lowest BCUT2D eigenvalue weighted by atomic mass is 10.3. The van der Waals surface area contributed by atoms with Crippen LogP contribution in [0.25, 0.3) is 0 Å². The molecule has 0 saturated heterocycles. The van der Waals surface area contributed by atoms with E-state index in [0.29, 0.717) is 99.1 Å². The van der Waals surface area contributed by atoms with Crippen LogP contribution >= 0.6 is 0 Å². The molecule has 0 amide bonds. The smallest absolute Gasteiger partial charge is 0.0781 e. The molecule has 0 aromatic carbocycles. The van der Waals surface area contributed by atoms with Gasteiger partial charge in [-0.25, -0.2) is 0 Å². The molecule has 7 atom stereocenters. The molecule has 0 spiro atoms. The average Bonchev–Trinajstić information content (AvgIpc) is 3.03. The fourth-order valence-electron chi connectivity index (χ4n) is 3.22. The van der Waals surface area contributed by atoms with Gasteiger partial charge < -0.3 is 67.4 Å². The van der Waals surface area contributed by atoms with Gasteiger partial charge in [0.05, 0.1) is 155 Å². The van der Waals surface area contributed by atoms with Crippen molar-refractivity contribution in [2.24, 2.45) is 0 Å². The number of aliphatic hydroxyl groups is 3. The Kier molecular flexibility index (Phi) is 36.9. The Morgan fingerprint density at radius 2 is 0.609 bits per heavy atom. The van der Waals surface area contributed by atoms with Crippen molar-refractivity contribution in [3.63, 3.8) is 0 Å². The van der Waals surface area contributed by atoms with Gasteiger partial charge in [-0.15, -0.1) is 0 Å². The molecule has 0 aromatic heterocycles. The highest BCUT2D eigenvalue weighted by Crippen LogP contribution is 2.04. The molecule has 0 aromatic rings. The van der Waals surface area contributed by atoms with Gasteiger partial charge in [-0.05, 0) is 48.5 Å². The summed E-state index contributed by atoms with van der Waals surface area (Å²) in [5, 5.41) is 26.0. The Balaban J connectivity index is 0. The first-order valence-corrected chi connectivity index (χ1v) is 16.4. The molecule has 7 unspecified atom stereocenters. The number of hydrogen-bond acceptors (Lipinski definition) is 14.